The monoisotopic (exact) mass is 526 g/mol. The van der Waals surface area contributed by atoms with Gasteiger partial charge in [-0.25, -0.2) is 8.42 Å². The molecule has 0 heterocycles. The Bertz CT molecular complexity index is 1300. The molecule has 0 aliphatic heterocycles. The van der Waals surface area contributed by atoms with Crippen LogP contribution in [0.4, 0.5) is 18.9 Å². The Hall–Kier alpha value is -3.24. The number of anilines is 1. The van der Waals surface area contributed by atoms with Gasteiger partial charge in [0, 0.05) is 19.2 Å². The first-order chi connectivity index (χ1) is 16.4. The minimum absolute atomic E-state index is 0.0937. The number of nitrogens with zero attached hydrogens (tertiary/aromatic N) is 2. The third-order valence-corrected chi connectivity index (χ3v) is 7.30. The first-order valence-corrected chi connectivity index (χ1v) is 12.1. The van der Waals surface area contributed by atoms with E-state index in [1.54, 1.807) is 30.3 Å². The number of hydrogen-bond acceptors (Lipinski definition) is 4. The smallest absolute Gasteiger partial charge is 0.417 e. The molecule has 35 heavy (non-hydrogen) atoms. The predicted octanol–water partition coefficient (Wildman–Crippen LogP) is 5.22. The van der Waals surface area contributed by atoms with Crippen LogP contribution in [-0.2, 0) is 27.5 Å². The second-order valence-electron chi connectivity index (χ2n) is 7.55. The summed E-state index contributed by atoms with van der Waals surface area (Å²) < 4.78 is 73.2. The lowest BCUT2D eigenvalue weighted by molar-refractivity contribution is -0.137. The number of halogens is 4. The van der Waals surface area contributed by atoms with Crippen molar-refractivity contribution in [3.05, 3.63) is 88.9 Å². The Morgan fingerprint density at radius 2 is 1.63 bits per heavy atom. The van der Waals surface area contributed by atoms with E-state index < -0.39 is 39.2 Å². The summed E-state index contributed by atoms with van der Waals surface area (Å²) in [5.41, 5.74) is -0.876. The van der Waals surface area contributed by atoms with Crippen LogP contribution < -0.4 is 9.04 Å². The van der Waals surface area contributed by atoms with Crippen LogP contribution in [0.1, 0.15) is 11.1 Å². The molecule has 0 aliphatic carbocycles. The lowest BCUT2D eigenvalue weighted by Crippen LogP contribution is -2.41. The lowest BCUT2D eigenvalue weighted by Gasteiger charge is -2.27. The number of amides is 1. The quantitative estimate of drug-likeness (QED) is 0.403. The molecule has 0 N–H and O–H groups in total. The maximum absolute atomic E-state index is 13.5. The van der Waals surface area contributed by atoms with Crippen LogP contribution in [0.5, 0.6) is 5.75 Å². The molecule has 0 radical (unpaired) electrons. The third kappa shape index (κ3) is 6.07. The SMILES string of the molecule is COc1ccccc1CN(C)C(=O)CN(c1ccc(Cl)c(C(F)(F)F)c1)S(=O)(=O)c1ccccc1. The van der Waals surface area contributed by atoms with E-state index in [9.17, 15) is 26.4 Å². The van der Waals surface area contributed by atoms with Crippen LogP contribution in [0.2, 0.25) is 5.02 Å². The van der Waals surface area contributed by atoms with E-state index >= 15 is 0 Å². The highest BCUT2D eigenvalue weighted by Crippen LogP contribution is 2.38. The zero-order chi connectivity index (χ0) is 25.8. The van der Waals surface area contributed by atoms with E-state index in [1.165, 1.54) is 43.3 Å². The molecule has 0 bridgehead atoms. The molecule has 0 aromatic heterocycles. The number of carbonyl (C=O) groups excluding carboxylic acids is 1. The molecule has 0 aliphatic rings. The van der Waals surface area contributed by atoms with Crippen molar-refractivity contribution in [1.29, 1.82) is 0 Å². The van der Waals surface area contributed by atoms with Gasteiger partial charge in [-0.1, -0.05) is 48.0 Å². The Balaban J connectivity index is 2.00. The second kappa shape index (κ2) is 10.6. The number of carbonyl (C=O) groups is 1. The van der Waals surface area contributed by atoms with Gasteiger partial charge in [0.25, 0.3) is 10.0 Å². The zero-order valence-corrected chi connectivity index (χ0v) is 20.4. The Morgan fingerprint density at radius 1 is 1.00 bits per heavy atom. The molecular weight excluding hydrogens is 505 g/mol. The van der Waals surface area contributed by atoms with Crippen molar-refractivity contribution in [3.8, 4) is 5.75 Å². The average molecular weight is 527 g/mol. The highest BCUT2D eigenvalue weighted by molar-refractivity contribution is 7.92. The maximum Gasteiger partial charge on any atom is 0.417 e. The number of methoxy groups -OCH3 is 1. The summed E-state index contributed by atoms with van der Waals surface area (Å²) in [5, 5.41) is -0.585. The van der Waals surface area contributed by atoms with Gasteiger partial charge in [0.2, 0.25) is 5.91 Å². The molecule has 0 saturated heterocycles. The molecule has 3 aromatic rings. The maximum atomic E-state index is 13.5. The highest BCUT2D eigenvalue weighted by atomic mass is 35.5. The van der Waals surface area contributed by atoms with Crippen molar-refractivity contribution in [1.82, 2.24) is 4.90 Å². The van der Waals surface area contributed by atoms with Crippen LogP contribution in [-0.4, -0.2) is 39.9 Å². The second-order valence-corrected chi connectivity index (χ2v) is 9.82. The minimum atomic E-state index is -4.82. The van der Waals surface area contributed by atoms with Gasteiger partial charge in [0.05, 0.1) is 28.3 Å². The molecule has 0 saturated carbocycles. The summed E-state index contributed by atoms with van der Waals surface area (Å²) in [5.74, 6) is -0.104. The molecule has 0 spiro atoms. The molecule has 0 unspecified atom stereocenters. The normalized spacial score (nSPS) is 11.7. The van der Waals surface area contributed by atoms with Gasteiger partial charge < -0.3 is 9.64 Å². The summed E-state index contributed by atoms with van der Waals surface area (Å²) >= 11 is 5.72. The number of ether oxygens (including phenoxy) is 1. The Kier molecular flexibility index (Phi) is 7.97. The Labute approximate surface area is 206 Å². The van der Waals surface area contributed by atoms with Gasteiger partial charge in [-0.2, -0.15) is 13.2 Å². The standard InChI is InChI=1S/C24H22ClF3N2O4S/c1-29(15-17-8-6-7-11-22(17)34-2)23(31)16-30(35(32,33)19-9-4-3-5-10-19)18-12-13-21(25)20(14-18)24(26,27)28/h3-14H,15-16H2,1-2H3. The van der Waals surface area contributed by atoms with Gasteiger partial charge in [-0.15, -0.1) is 0 Å². The van der Waals surface area contributed by atoms with Gasteiger partial charge in [0.15, 0.2) is 0 Å². The van der Waals surface area contributed by atoms with Crippen molar-refractivity contribution in [2.75, 3.05) is 25.0 Å². The van der Waals surface area contributed by atoms with Crippen LogP contribution in [0.25, 0.3) is 0 Å². The summed E-state index contributed by atoms with van der Waals surface area (Å²) in [6.07, 6.45) is -4.82. The first kappa shape index (κ1) is 26.4. The van der Waals surface area contributed by atoms with Gasteiger partial charge >= 0.3 is 6.18 Å². The number of para-hydroxylation sites is 1. The largest absolute Gasteiger partial charge is 0.496 e. The van der Waals surface area contributed by atoms with Crippen LogP contribution >= 0.6 is 11.6 Å². The van der Waals surface area contributed by atoms with Crippen LogP contribution in [0, 0.1) is 0 Å². The van der Waals surface area contributed by atoms with Crippen molar-refractivity contribution >= 4 is 33.2 Å². The molecule has 6 nitrogen and oxygen atoms in total. The van der Waals surface area contributed by atoms with E-state index in [2.05, 4.69) is 0 Å². The van der Waals surface area contributed by atoms with Crippen molar-refractivity contribution in [2.24, 2.45) is 0 Å². The summed E-state index contributed by atoms with van der Waals surface area (Å²) in [7, 11) is -1.45. The number of rotatable bonds is 8. The summed E-state index contributed by atoms with van der Waals surface area (Å²) in [6, 6.07) is 16.8. The fourth-order valence-corrected chi connectivity index (χ4v) is 4.99. The first-order valence-electron chi connectivity index (χ1n) is 10.3. The molecule has 11 heteroatoms. The van der Waals surface area contributed by atoms with Gasteiger partial charge in [0.1, 0.15) is 12.3 Å². The van der Waals surface area contributed by atoms with E-state index in [-0.39, 0.29) is 17.1 Å². The fraction of sp³-hybridized carbons (Fsp3) is 0.208. The number of alkyl halides is 3. The van der Waals surface area contributed by atoms with Gasteiger partial charge in [-0.05, 0) is 36.4 Å². The van der Waals surface area contributed by atoms with E-state index in [0.29, 0.717) is 21.7 Å². The van der Waals surface area contributed by atoms with Crippen molar-refractivity contribution in [3.63, 3.8) is 0 Å². The molecule has 3 aromatic carbocycles. The minimum Gasteiger partial charge on any atom is -0.496 e. The van der Waals surface area contributed by atoms with E-state index in [4.69, 9.17) is 16.3 Å². The molecule has 0 fully saturated rings. The fourth-order valence-electron chi connectivity index (χ4n) is 3.34. The molecule has 186 valence electrons. The predicted molar refractivity (Wildman–Crippen MR) is 127 cm³/mol. The molecular formula is C24H22ClF3N2O4S. The van der Waals surface area contributed by atoms with Crippen LogP contribution in [0.15, 0.2) is 77.7 Å². The van der Waals surface area contributed by atoms with E-state index in [1.807, 2.05) is 0 Å². The lowest BCUT2D eigenvalue weighted by atomic mass is 10.2. The van der Waals surface area contributed by atoms with Gasteiger partial charge in [-0.3, -0.25) is 9.10 Å². The van der Waals surface area contributed by atoms with E-state index in [0.717, 1.165) is 12.1 Å². The summed E-state index contributed by atoms with van der Waals surface area (Å²) in [4.78, 5) is 14.2. The topological polar surface area (TPSA) is 66.9 Å². The number of sulfonamides is 1. The third-order valence-electron chi connectivity index (χ3n) is 5.18. The summed E-state index contributed by atoms with van der Waals surface area (Å²) in [6.45, 7) is -0.641. The molecule has 1 amide bonds. The van der Waals surface area contributed by atoms with Crippen LogP contribution in [0.3, 0.4) is 0 Å². The molecule has 0 atom stereocenters. The van der Waals surface area contributed by atoms with Crippen molar-refractivity contribution < 1.29 is 31.1 Å². The zero-order valence-electron chi connectivity index (χ0n) is 18.8. The van der Waals surface area contributed by atoms with Crippen molar-refractivity contribution in [2.45, 2.75) is 17.6 Å². The number of benzene rings is 3. The highest BCUT2D eigenvalue weighted by Gasteiger charge is 2.35. The number of hydrogen-bond donors (Lipinski definition) is 0. The average Bonchev–Trinajstić information content (AvgIpc) is 2.83. The number of likely N-dealkylation sites (N-methyl/N-ethyl adjacent to an activating group) is 1. The molecule has 3 rings (SSSR count). The Morgan fingerprint density at radius 3 is 2.26 bits per heavy atom.